The largest absolute Gasteiger partial charge is 0.497 e. The number of carbonyl (C=O) groups excluding carboxylic acids is 1. The van der Waals surface area contributed by atoms with Crippen molar-refractivity contribution in [1.29, 1.82) is 0 Å². The van der Waals surface area contributed by atoms with Crippen LogP contribution < -0.4 is 4.74 Å². The Balaban J connectivity index is 1.78. The molecule has 120 valence electrons. The van der Waals surface area contributed by atoms with E-state index < -0.39 is 0 Å². The molecule has 2 fully saturated rings. The third kappa shape index (κ3) is 3.10. The first kappa shape index (κ1) is 15.3. The van der Waals surface area contributed by atoms with Gasteiger partial charge in [-0.3, -0.25) is 4.79 Å². The SMILES string of the molecule is COc1cccc(C(=O)N2CCOC[C@@]3(CCN(C)C3)C2)c1. The van der Waals surface area contributed by atoms with Crippen molar-refractivity contribution in [2.75, 3.05) is 53.6 Å². The fourth-order valence-corrected chi connectivity index (χ4v) is 3.51. The monoisotopic (exact) mass is 304 g/mol. The van der Waals surface area contributed by atoms with Crippen molar-refractivity contribution in [3.8, 4) is 5.75 Å². The molecule has 5 heteroatoms. The topological polar surface area (TPSA) is 42.0 Å². The number of hydrogen-bond donors (Lipinski definition) is 0. The van der Waals surface area contributed by atoms with E-state index in [1.165, 1.54) is 0 Å². The number of nitrogens with zero attached hydrogens (tertiary/aromatic N) is 2. The lowest BCUT2D eigenvalue weighted by Gasteiger charge is -2.31. The van der Waals surface area contributed by atoms with E-state index in [0.29, 0.717) is 24.5 Å². The Morgan fingerprint density at radius 3 is 2.91 bits per heavy atom. The minimum absolute atomic E-state index is 0.0679. The summed E-state index contributed by atoms with van der Waals surface area (Å²) in [4.78, 5) is 17.1. The van der Waals surface area contributed by atoms with E-state index in [1.807, 2.05) is 29.2 Å². The van der Waals surface area contributed by atoms with Crippen molar-refractivity contribution >= 4 is 5.91 Å². The van der Waals surface area contributed by atoms with Crippen LogP contribution in [0.4, 0.5) is 0 Å². The van der Waals surface area contributed by atoms with Gasteiger partial charge in [0.2, 0.25) is 0 Å². The van der Waals surface area contributed by atoms with Crippen LogP contribution in [-0.4, -0.2) is 69.3 Å². The number of ether oxygens (including phenoxy) is 2. The van der Waals surface area contributed by atoms with Crippen LogP contribution in [0, 0.1) is 5.41 Å². The molecule has 0 bridgehead atoms. The maximum absolute atomic E-state index is 12.8. The minimum atomic E-state index is 0.0679. The van der Waals surface area contributed by atoms with Crippen LogP contribution in [0.5, 0.6) is 5.75 Å². The maximum Gasteiger partial charge on any atom is 0.254 e. The van der Waals surface area contributed by atoms with Crippen LogP contribution in [0.15, 0.2) is 24.3 Å². The molecule has 0 N–H and O–H groups in total. The fourth-order valence-electron chi connectivity index (χ4n) is 3.51. The van der Waals surface area contributed by atoms with Gasteiger partial charge in [-0.05, 0) is 38.2 Å². The summed E-state index contributed by atoms with van der Waals surface area (Å²) in [5, 5.41) is 0. The van der Waals surface area contributed by atoms with Crippen molar-refractivity contribution < 1.29 is 14.3 Å². The lowest BCUT2D eigenvalue weighted by molar-refractivity contribution is 0.0658. The number of carbonyl (C=O) groups is 1. The summed E-state index contributed by atoms with van der Waals surface area (Å²) in [6.45, 7) is 4.86. The van der Waals surface area contributed by atoms with Crippen LogP contribution in [0.25, 0.3) is 0 Å². The molecule has 22 heavy (non-hydrogen) atoms. The molecule has 5 nitrogen and oxygen atoms in total. The van der Waals surface area contributed by atoms with Gasteiger partial charge in [-0.15, -0.1) is 0 Å². The Bertz CT molecular complexity index is 548. The highest BCUT2D eigenvalue weighted by Gasteiger charge is 2.41. The second kappa shape index (κ2) is 6.26. The molecule has 0 unspecified atom stereocenters. The molecule has 1 atom stereocenters. The van der Waals surface area contributed by atoms with Crippen LogP contribution in [0.1, 0.15) is 16.8 Å². The van der Waals surface area contributed by atoms with Gasteiger partial charge in [0, 0.05) is 30.6 Å². The highest BCUT2D eigenvalue weighted by molar-refractivity contribution is 5.94. The van der Waals surface area contributed by atoms with E-state index in [9.17, 15) is 4.79 Å². The number of likely N-dealkylation sites (tertiary alicyclic amines) is 1. The Morgan fingerprint density at radius 1 is 1.32 bits per heavy atom. The molecule has 1 aromatic rings. The molecule has 1 spiro atoms. The van der Waals surface area contributed by atoms with Gasteiger partial charge >= 0.3 is 0 Å². The van der Waals surface area contributed by atoms with E-state index in [4.69, 9.17) is 9.47 Å². The summed E-state index contributed by atoms with van der Waals surface area (Å²) in [7, 11) is 3.75. The van der Waals surface area contributed by atoms with Crippen molar-refractivity contribution in [1.82, 2.24) is 9.80 Å². The van der Waals surface area contributed by atoms with Crippen molar-refractivity contribution in [3.63, 3.8) is 0 Å². The van der Waals surface area contributed by atoms with Crippen LogP contribution >= 0.6 is 0 Å². The van der Waals surface area contributed by atoms with E-state index in [-0.39, 0.29) is 11.3 Å². The molecular weight excluding hydrogens is 280 g/mol. The fraction of sp³-hybridized carbons (Fsp3) is 0.588. The average Bonchev–Trinajstić information content (AvgIpc) is 2.77. The second-order valence-corrected chi connectivity index (χ2v) is 6.50. The van der Waals surface area contributed by atoms with E-state index >= 15 is 0 Å². The smallest absolute Gasteiger partial charge is 0.254 e. The standard InChI is InChI=1S/C17H24N2O3/c1-18-7-6-17(11-18)12-19(8-9-22-13-17)16(20)14-4-3-5-15(10-14)21-2/h3-5,10H,6-9,11-13H2,1-2H3/t17-/m1/s1. The van der Waals surface area contributed by atoms with Gasteiger partial charge in [0.25, 0.3) is 5.91 Å². The summed E-state index contributed by atoms with van der Waals surface area (Å²) in [5.41, 5.74) is 0.766. The Kier molecular flexibility index (Phi) is 4.36. The molecule has 0 saturated carbocycles. The first-order valence-electron chi connectivity index (χ1n) is 7.82. The Morgan fingerprint density at radius 2 is 2.18 bits per heavy atom. The summed E-state index contributed by atoms with van der Waals surface area (Å²) < 4.78 is 11.0. The van der Waals surface area contributed by atoms with Gasteiger partial charge in [0.05, 0.1) is 20.3 Å². The first-order valence-corrected chi connectivity index (χ1v) is 7.82. The van der Waals surface area contributed by atoms with Gasteiger partial charge in [-0.1, -0.05) is 6.07 Å². The van der Waals surface area contributed by atoms with Gasteiger partial charge in [-0.2, -0.15) is 0 Å². The van der Waals surface area contributed by atoms with Gasteiger partial charge in [0.15, 0.2) is 0 Å². The molecule has 2 heterocycles. The number of rotatable bonds is 2. The molecule has 3 rings (SSSR count). The van der Waals surface area contributed by atoms with E-state index in [2.05, 4.69) is 11.9 Å². The highest BCUT2D eigenvalue weighted by atomic mass is 16.5. The van der Waals surface area contributed by atoms with Gasteiger partial charge in [0.1, 0.15) is 5.75 Å². The summed E-state index contributed by atoms with van der Waals surface area (Å²) in [5.74, 6) is 0.783. The quantitative estimate of drug-likeness (QED) is 0.830. The highest BCUT2D eigenvalue weighted by Crippen LogP contribution is 2.33. The summed E-state index contributed by atoms with van der Waals surface area (Å²) in [6.07, 6.45) is 1.09. The number of amides is 1. The predicted octanol–water partition coefficient (Wildman–Crippen LogP) is 1.49. The van der Waals surface area contributed by atoms with Crippen molar-refractivity contribution in [2.24, 2.45) is 5.41 Å². The maximum atomic E-state index is 12.8. The Hall–Kier alpha value is -1.59. The van der Waals surface area contributed by atoms with Crippen LogP contribution in [0.2, 0.25) is 0 Å². The molecule has 0 radical (unpaired) electrons. The van der Waals surface area contributed by atoms with Gasteiger partial charge in [-0.25, -0.2) is 0 Å². The molecule has 0 aliphatic carbocycles. The predicted molar refractivity (Wildman–Crippen MR) is 84.3 cm³/mol. The van der Waals surface area contributed by atoms with Crippen LogP contribution in [0.3, 0.4) is 0 Å². The van der Waals surface area contributed by atoms with E-state index in [0.717, 1.165) is 32.7 Å². The molecular formula is C17H24N2O3. The zero-order valence-electron chi connectivity index (χ0n) is 13.4. The molecule has 0 aromatic heterocycles. The molecule has 1 aromatic carbocycles. The summed E-state index contributed by atoms with van der Waals surface area (Å²) >= 11 is 0. The molecule has 2 saturated heterocycles. The third-order valence-corrected chi connectivity index (χ3v) is 4.67. The third-order valence-electron chi connectivity index (χ3n) is 4.67. The zero-order chi connectivity index (χ0) is 15.6. The lowest BCUT2D eigenvalue weighted by atomic mass is 9.87. The van der Waals surface area contributed by atoms with Crippen molar-refractivity contribution in [2.45, 2.75) is 6.42 Å². The Labute approximate surface area is 131 Å². The lowest BCUT2D eigenvalue weighted by Crippen LogP contribution is -2.43. The first-order chi connectivity index (χ1) is 10.6. The average molecular weight is 304 g/mol. The van der Waals surface area contributed by atoms with Crippen molar-refractivity contribution in [3.05, 3.63) is 29.8 Å². The zero-order valence-corrected chi connectivity index (χ0v) is 13.4. The van der Waals surface area contributed by atoms with Crippen LogP contribution in [-0.2, 0) is 4.74 Å². The normalized spacial score (nSPS) is 26.2. The number of methoxy groups -OCH3 is 1. The molecule has 1 amide bonds. The number of hydrogen-bond acceptors (Lipinski definition) is 4. The molecule has 2 aliphatic rings. The number of benzene rings is 1. The van der Waals surface area contributed by atoms with E-state index in [1.54, 1.807) is 7.11 Å². The van der Waals surface area contributed by atoms with Gasteiger partial charge < -0.3 is 19.3 Å². The molecule has 2 aliphatic heterocycles. The second-order valence-electron chi connectivity index (χ2n) is 6.50. The summed E-state index contributed by atoms with van der Waals surface area (Å²) in [6, 6.07) is 7.38. The minimum Gasteiger partial charge on any atom is -0.497 e.